The highest BCUT2D eigenvalue weighted by Crippen LogP contribution is 2.19. The minimum absolute atomic E-state index is 0.333. The lowest BCUT2D eigenvalue weighted by Gasteiger charge is -2.06. The molecule has 0 saturated carbocycles. The van der Waals surface area contributed by atoms with Gasteiger partial charge in [-0.25, -0.2) is 4.79 Å². The molecule has 0 bridgehead atoms. The fourth-order valence-corrected chi connectivity index (χ4v) is 2.32. The van der Waals surface area contributed by atoms with Crippen LogP contribution in [0.15, 0.2) is 46.9 Å². The lowest BCUT2D eigenvalue weighted by molar-refractivity contribution is 0.0474. The SMILES string of the molecule is Cc1ccc(C(=O)OCC(=O)c2ccccc2Cl)cc1Br. The van der Waals surface area contributed by atoms with Crippen molar-refractivity contribution in [3.8, 4) is 0 Å². The Balaban J connectivity index is 2.02. The predicted octanol–water partition coefficient (Wildman–Crippen LogP) is 4.45. The van der Waals surface area contributed by atoms with Crippen LogP contribution in [0, 0.1) is 6.92 Å². The second-order valence-electron chi connectivity index (χ2n) is 4.44. The van der Waals surface area contributed by atoms with E-state index in [1.54, 1.807) is 42.5 Å². The molecule has 0 aromatic heterocycles. The van der Waals surface area contributed by atoms with Crippen LogP contribution in [-0.4, -0.2) is 18.4 Å². The van der Waals surface area contributed by atoms with Crippen LogP contribution < -0.4 is 0 Å². The maximum Gasteiger partial charge on any atom is 0.338 e. The number of halogens is 2. The summed E-state index contributed by atoms with van der Waals surface area (Å²) in [6.07, 6.45) is 0. The molecule has 2 aromatic carbocycles. The lowest BCUT2D eigenvalue weighted by Crippen LogP contribution is -2.14. The highest BCUT2D eigenvalue weighted by atomic mass is 79.9. The lowest BCUT2D eigenvalue weighted by atomic mass is 10.1. The molecule has 0 unspecified atom stereocenters. The zero-order valence-electron chi connectivity index (χ0n) is 11.2. The van der Waals surface area contributed by atoms with Gasteiger partial charge in [-0.15, -0.1) is 0 Å². The maximum absolute atomic E-state index is 12.0. The summed E-state index contributed by atoms with van der Waals surface area (Å²) < 4.78 is 5.84. The van der Waals surface area contributed by atoms with Gasteiger partial charge >= 0.3 is 5.97 Å². The zero-order valence-corrected chi connectivity index (χ0v) is 13.6. The summed E-state index contributed by atoms with van der Waals surface area (Å²) in [6.45, 7) is 1.58. The minimum atomic E-state index is -0.545. The van der Waals surface area contributed by atoms with E-state index in [1.807, 2.05) is 6.92 Å². The van der Waals surface area contributed by atoms with Crippen molar-refractivity contribution >= 4 is 39.3 Å². The van der Waals surface area contributed by atoms with Gasteiger partial charge in [-0.05, 0) is 36.8 Å². The van der Waals surface area contributed by atoms with Gasteiger partial charge in [0.25, 0.3) is 0 Å². The Bertz CT molecular complexity index is 698. The second kappa shape index (κ2) is 6.87. The van der Waals surface area contributed by atoms with Gasteiger partial charge in [0.05, 0.1) is 10.6 Å². The molecule has 0 saturated heterocycles. The van der Waals surface area contributed by atoms with Crippen LogP contribution >= 0.6 is 27.5 Å². The summed E-state index contributed by atoms with van der Waals surface area (Å²) >= 11 is 9.27. The van der Waals surface area contributed by atoms with Gasteiger partial charge in [0.2, 0.25) is 5.78 Å². The Labute approximate surface area is 136 Å². The zero-order chi connectivity index (χ0) is 15.4. The van der Waals surface area contributed by atoms with Crippen molar-refractivity contribution in [2.75, 3.05) is 6.61 Å². The van der Waals surface area contributed by atoms with Crippen molar-refractivity contribution in [3.63, 3.8) is 0 Å². The molecule has 0 aliphatic carbocycles. The van der Waals surface area contributed by atoms with E-state index in [1.165, 1.54) is 0 Å². The Morgan fingerprint density at radius 3 is 2.57 bits per heavy atom. The predicted molar refractivity (Wildman–Crippen MR) is 84.9 cm³/mol. The number of esters is 1. The number of hydrogen-bond acceptors (Lipinski definition) is 3. The first-order chi connectivity index (χ1) is 9.99. The summed E-state index contributed by atoms with van der Waals surface area (Å²) in [5.74, 6) is -0.878. The van der Waals surface area contributed by atoms with E-state index in [2.05, 4.69) is 15.9 Å². The van der Waals surface area contributed by atoms with E-state index >= 15 is 0 Å². The molecule has 3 nitrogen and oxygen atoms in total. The number of ether oxygens (including phenoxy) is 1. The number of Topliss-reactive ketones (excluding diaryl/α,β-unsaturated/α-hetero) is 1. The Kier molecular flexibility index (Phi) is 5.15. The summed E-state index contributed by atoms with van der Waals surface area (Å²) in [6, 6.07) is 11.8. The number of aryl methyl sites for hydroxylation is 1. The van der Waals surface area contributed by atoms with Gasteiger partial charge < -0.3 is 4.74 Å². The number of benzene rings is 2. The molecule has 108 valence electrons. The average Bonchev–Trinajstić information content (AvgIpc) is 2.47. The van der Waals surface area contributed by atoms with Crippen molar-refractivity contribution < 1.29 is 14.3 Å². The van der Waals surface area contributed by atoms with Gasteiger partial charge in [-0.3, -0.25) is 4.79 Å². The molecule has 0 fully saturated rings. The third-order valence-corrected chi connectivity index (χ3v) is 4.10. The molecule has 2 aromatic rings. The molecule has 0 spiro atoms. The first kappa shape index (κ1) is 15.7. The largest absolute Gasteiger partial charge is 0.454 e. The van der Waals surface area contributed by atoms with Gasteiger partial charge in [0.15, 0.2) is 6.61 Å². The van der Waals surface area contributed by atoms with Gasteiger partial charge in [0.1, 0.15) is 0 Å². The molecule has 0 aliphatic rings. The molecular formula is C16H12BrClO3. The fourth-order valence-electron chi connectivity index (χ4n) is 1.70. The van der Waals surface area contributed by atoms with Crippen LogP contribution in [0.2, 0.25) is 5.02 Å². The van der Waals surface area contributed by atoms with Crippen LogP contribution in [0.4, 0.5) is 0 Å². The van der Waals surface area contributed by atoms with Gasteiger partial charge in [-0.1, -0.05) is 45.7 Å². The van der Waals surface area contributed by atoms with Crippen molar-refractivity contribution in [1.82, 2.24) is 0 Å². The molecule has 21 heavy (non-hydrogen) atoms. The standard InChI is InChI=1S/C16H12BrClO3/c1-10-6-7-11(8-13(10)17)16(20)21-9-15(19)12-4-2-3-5-14(12)18/h2-8H,9H2,1H3. The summed E-state index contributed by atoms with van der Waals surface area (Å²) in [4.78, 5) is 23.9. The summed E-state index contributed by atoms with van der Waals surface area (Å²) in [5, 5.41) is 0.344. The van der Waals surface area contributed by atoms with E-state index in [4.69, 9.17) is 16.3 Å². The number of ketones is 1. The van der Waals surface area contributed by atoms with Crippen molar-refractivity contribution in [1.29, 1.82) is 0 Å². The molecular weight excluding hydrogens is 356 g/mol. The molecule has 2 rings (SSSR count). The maximum atomic E-state index is 12.0. The van der Waals surface area contributed by atoms with Crippen molar-refractivity contribution in [2.24, 2.45) is 0 Å². The Morgan fingerprint density at radius 2 is 1.90 bits per heavy atom. The third-order valence-electron chi connectivity index (χ3n) is 2.92. The highest BCUT2D eigenvalue weighted by molar-refractivity contribution is 9.10. The van der Waals surface area contributed by atoms with Crippen LogP contribution in [0.1, 0.15) is 26.3 Å². The molecule has 0 N–H and O–H groups in total. The molecule has 0 radical (unpaired) electrons. The Morgan fingerprint density at radius 1 is 1.19 bits per heavy atom. The van der Waals surface area contributed by atoms with E-state index in [9.17, 15) is 9.59 Å². The average molecular weight is 368 g/mol. The number of carbonyl (C=O) groups is 2. The van der Waals surface area contributed by atoms with E-state index in [-0.39, 0.29) is 12.4 Å². The second-order valence-corrected chi connectivity index (χ2v) is 5.70. The quantitative estimate of drug-likeness (QED) is 0.592. The monoisotopic (exact) mass is 366 g/mol. The number of rotatable bonds is 4. The van der Waals surface area contributed by atoms with E-state index < -0.39 is 5.97 Å². The molecule has 0 amide bonds. The van der Waals surface area contributed by atoms with Crippen LogP contribution in [0.3, 0.4) is 0 Å². The smallest absolute Gasteiger partial charge is 0.338 e. The summed E-state index contributed by atoms with van der Waals surface area (Å²) in [7, 11) is 0. The highest BCUT2D eigenvalue weighted by Gasteiger charge is 2.14. The van der Waals surface area contributed by atoms with Crippen molar-refractivity contribution in [3.05, 3.63) is 68.7 Å². The number of hydrogen-bond donors (Lipinski definition) is 0. The minimum Gasteiger partial charge on any atom is -0.454 e. The van der Waals surface area contributed by atoms with Crippen molar-refractivity contribution in [2.45, 2.75) is 6.92 Å². The van der Waals surface area contributed by atoms with Gasteiger partial charge in [-0.2, -0.15) is 0 Å². The van der Waals surface area contributed by atoms with E-state index in [0.717, 1.165) is 10.0 Å². The Hall–Kier alpha value is -1.65. The first-order valence-electron chi connectivity index (χ1n) is 6.20. The topological polar surface area (TPSA) is 43.4 Å². The van der Waals surface area contributed by atoms with Gasteiger partial charge in [0, 0.05) is 10.0 Å². The molecule has 5 heteroatoms. The van der Waals surface area contributed by atoms with E-state index in [0.29, 0.717) is 16.1 Å². The number of carbonyl (C=O) groups excluding carboxylic acids is 2. The van der Waals surface area contributed by atoms with Crippen LogP contribution in [-0.2, 0) is 4.74 Å². The van der Waals surface area contributed by atoms with Crippen LogP contribution in [0.25, 0.3) is 0 Å². The fraction of sp³-hybridized carbons (Fsp3) is 0.125. The molecule has 0 atom stereocenters. The normalized spacial score (nSPS) is 10.2. The van der Waals surface area contributed by atoms with Crippen LogP contribution in [0.5, 0.6) is 0 Å². The molecule has 0 heterocycles. The summed E-state index contributed by atoms with van der Waals surface area (Å²) in [5.41, 5.74) is 1.75. The molecule has 0 aliphatic heterocycles. The first-order valence-corrected chi connectivity index (χ1v) is 7.37. The third kappa shape index (κ3) is 3.93.